The molecule has 2 aromatic rings. The Labute approximate surface area is 148 Å². The predicted octanol–water partition coefficient (Wildman–Crippen LogP) is 2.66. The number of nitrogen functional groups attached to an aromatic ring is 1. The number of benzene rings is 1. The monoisotopic (exact) mass is 339 g/mol. The highest BCUT2D eigenvalue weighted by molar-refractivity contribution is 5.78. The van der Waals surface area contributed by atoms with Crippen molar-refractivity contribution in [2.45, 2.75) is 46.2 Å². The summed E-state index contributed by atoms with van der Waals surface area (Å²) in [6, 6.07) is 8.21. The minimum absolute atomic E-state index is 0.245. The van der Waals surface area contributed by atoms with Crippen LogP contribution < -0.4 is 11.1 Å². The molecule has 1 aliphatic heterocycles. The maximum atomic E-state index is 11.9. The third-order valence-electron chi connectivity index (χ3n) is 4.70. The van der Waals surface area contributed by atoms with Gasteiger partial charge in [0.15, 0.2) is 0 Å². The number of anilines is 2. The molecular formula is C19H25N5O. The first-order valence-corrected chi connectivity index (χ1v) is 8.80. The summed E-state index contributed by atoms with van der Waals surface area (Å²) in [5.41, 5.74) is 10.1. The van der Waals surface area contributed by atoms with E-state index in [2.05, 4.69) is 34.3 Å². The molecule has 132 valence electrons. The Morgan fingerprint density at radius 1 is 1.24 bits per heavy atom. The highest BCUT2D eigenvalue weighted by atomic mass is 16.2. The molecule has 0 saturated carbocycles. The number of hydrogen-bond donors (Lipinski definition) is 2. The number of nitrogens with two attached hydrogens (primary N) is 1. The van der Waals surface area contributed by atoms with E-state index in [0.29, 0.717) is 25.5 Å². The van der Waals surface area contributed by atoms with Gasteiger partial charge in [0.2, 0.25) is 11.9 Å². The Balaban J connectivity index is 1.76. The number of amides is 1. The van der Waals surface area contributed by atoms with Crippen LogP contribution in [0.1, 0.15) is 42.1 Å². The number of nitrogens with zero attached hydrogens (tertiary/aromatic N) is 3. The Kier molecular flexibility index (Phi) is 5.16. The molecule has 3 rings (SSSR count). The van der Waals surface area contributed by atoms with Crippen molar-refractivity contribution in [2.75, 3.05) is 17.6 Å². The van der Waals surface area contributed by atoms with E-state index < -0.39 is 0 Å². The number of rotatable bonds is 6. The van der Waals surface area contributed by atoms with Crippen LogP contribution >= 0.6 is 0 Å². The summed E-state index contributed by atoms with van der Waals surface area (Å²) >= 11 is 0. The van der Waals surface area contributed by atoms with Crippen molar-refractivity contribution >= 4 is 17.7 Å². The largest absolute Gasteiger partial charge is 0.368 e. The van der Waals surface area contributed by atoms with Crippen molar-refractivity contribution in [3.63, 3.8) is 0 Å². The average molecular weight is 339 g/mol. The van der Waals surface area contributed by atoms with Crippen LogP contribution in [0.2, 0.25) is 0 Å². The van der Waals surface area contributed by atoms with Gasteiger partial charge in [-0.25, -0.2) is 4.98 Å². The van der Waals surface area contributed by atoms with Crippen molar-refractivity contribution in [3.05, 3.63) is 46.6 Å². The summed E-state index contributed by atoms with van der Waals surface area (Å²) in [7, 11) is 0. The smallest absolute Gasteiger partial charge is 0.222 e. The van der Waals surface area contributed by atoms with E-state index >= 15 is 0 Å². The Hall–Kier alpha value is -2.63. The molecule has 1 amide bonds. The van der Waals surface area contributed by atoms with Gasteiger partial charge in [-0.05, 0) is 30.9 Å². The first-order chi connectivity index (χ1) is 12.1. The van der Waals surface area contributed by atoms with Crippen LogP contribution in [0, 0.1) is 6.92 Å². The zero-order valence-corrected chi connectivity index (χ0v) is 14.9. The molecule has 0 aliphatic carbocycles. The van der Waals surface area contributed by atoms with E-state index in [1.54, 1.807) is 0 Å². The summed E-state index contributed by atoms with van der Waals surface area (Å²) in [5, 5.41) is 3.39. The van der Waals surface area contributed by atoms with Crippen LogP contribution in [0.3, 0.4) is 0 Å². The summed E-state index contributed by atoms with van der Waals surface area (Å²) in [6.45, 7) is 6.22. The van der Waals surface area contributed by atoms with Crippen molar-refractivity contribution in [1.29, 1.82) is 0 Å². The molecule has 1 aromatic heterocycles. The second-order valence-corrected chi connectivity index (χ2v) is 6.40. The van der Waals surface area contributed by atoms with Gasteiger partial charge in [0, 0.05) is 31.6 Å². The Morgan fingerprint density at radius 2 is 2.00 bits per heavy atom. The van der Waals surface area contributed by atoms with E-state index in [0.717, 1.165) is 42.0 Å². The standard InChI is InChI=1S/C19H25N5O/c1-3-16-13(2)18(23-19(20)22-16)21-11-14-7-4-5-8-15(14)12-24-10-6-9-17(24)25/h4-5,7-8H,3,6,9-12H2,1-2H3,(H3,20,21,22,23). The Morgan fingerprint density at radius 3 is 2.68 bits per heavy atom. The van der Waals surface area contributed by atoms with Gasteiger partial charge in [-0.15, -0.1) is 0 Å². The van der Waals surface area contributed by atoms with Crippen LogP contribution in [-0.4, -0.2) is 27.3 Å². The van der Waals surface area contributed by atoms with Crippen molar-refractivity contribution in [2.24, 2.45) is 0 Å². The summed E-state index contributed by atoms with van der Waals surface area (Å²) in [6.07, 6.45) is 2.44. The summed E-state index contributed by atoms with van der Waals surface area (Å²) in [5.74, 6) is 1.31. The SMILES string of the molecule is CCc1nc(N)nc(NCc2ccccc2CN2CCCC2=O)c1C. The summed E-state index contributed by atoms with van der Waals surface area (Å²) < 4.78 is 0. The molecule has 0 spiro atoms. The maximum absolute atomic E-state index is 11.9. The molecule has 1 saturated heterocycles. The molecule has 0 atom stereocenters. The van der Waals surface area contributed by atoms with Crippen LogP contribution in [0.4, 0.5) is 11.8 Å². The van der Waals surface area contributed by atoms with Crippen molar-refractivity contribution in [3.8, 4) is 0 Å². The zero-order valence-electron chi connectivity index (χ0n) is 14.9. The lowest BCUT2D eigenvalue weighted by Gasteiger charge is -2.19. The Bertz CT molecular complexity index is 774. The lowest BCUT2D eigenvalue weighted by atomic mass is 10.1. The molecule has 1 fully saturated rings. The second-order valence-electron chi connectivity index (χ2n) is 6.40. The molecule has 1 aliphatic rings. The van der Waals surface area contributed by atoms with Gasteiger partial charge in [-0.2, -0.15) is 4.98 Å². The normalized spacial score (nSPS) is 14.2. The number of hydrogen-bond acceptors (Lipinski definition) is 5. The van der Waals surface area contributed by atoms with Gasteiger partial charge in [0.05, 0.1) is 5.69 Å². The number of likely N-dealkylation sites (tertiary alicyclic amines) is 1. The van der Waals surface area contributed by atoms with E-state index in [-0.39, 0.29) is 5.91 Å². The van der Waals surface area contributed by atoms with Crippen molar-refractivity contribution in [1.82, 2.24) is 14.9 Å². The molecule has 0 bridgehead atoms. The van der Waals surface area contributed by atoms with Gasteiger partial charge in [-0.3, -0.25) is 4.79 Å². The summed E-state index contributed by atoms with van der Waals surface area (Å²) in [4.78, 5) is 22.5. The van der Waals surface area contributed by atoms with Gasteiger partial charge < -0.3 is 16.0 Å². The van der Waals surface area contributed by atoms with E-state index in [9.17, 15) is 4.79 Å². The highest BCUT2D eigenvalue weighted by Crippen LogP contribution is 2.21. The molecule has 25 heavy (non-hydrogen) atoms. The van der Waals surface area contributed by atoms with Gasteiger partial charge in [-0.1, -0.05) is 31.2 Å². The van der Waals surface area contributed by atoms with Gasteiger partial charge in [0.1, 0.15) is 5.82 Å². The van der Waals surface area contributed by atoms with Crippen LogP contribution in [0.5, 0.6) is 0 Å². The molecule has 3 N–H and O–H groups in total. The van der Waals surface area contributed by atoms with Crippen molar-refractivity contribution < 1.29 is 4.79 Å². The zero-order chi connectivity index (χ0) is 17.8. The third kappa shape index (κ3) is 3.90. The fourth-order valence-electron chi connectivity index (χ4n) is 3.24. The minimum Gasteiger partial charge on any atom is -0.368 e. The van der Waals surface area contributed by atoms with E-state index in [4.69, 9.17) is 5.73 Å². The molecule has 2 heterocycles. The molecule has 0 radical (unpaired) electrons. The fraction of sp³-hybridized carbons (Fsp3) is 0.421. The lowest BCUT2D eigenvalue weighted by Crippen LogP contribution is -2.24. The quantitative estimate of drug-likeness (QED) is 0.845. The fourth-order valence-corrected chi connectivity index (χ4v) is 3.24. The molecule has 0 unspecified atom stereocenters. The molecule has 6 nitrogen and oxygen atoms in total. The minimum atomic E-state index is 0.245. The number of aromatic nitrogens is 2. The molecular weight excluding hydrogens is 314 g/mol. The van der Waals surface area contributed by atoms with E-state index in [1.807, 2.05) is 24.0 Å². The second kappa shape index (κ2) is 7.51. The topological polar surface area (TPSA) is 84.1 Å². The number of nitrogens with one attached hydrogen (secondary N) is 1. The van der Waals surface area contributed by atoms with Crippen LogP contribution in [-0.2, 0) is 24.3 Å². The van der Waals surface area contributed by atoms with Gasteiger partial charge in [0.25, 0.3) is 0 Å². The molecule has 6 heteroatoms. The molecule has 1 aromatic carbocycles. The maximum Gasteiger partial charge on any atom is 0.222 e. The van der Waals surface area contributed by atoms with Crippen LogP contribution in [0.15, 0.2) is 24.3 Å². The number of aryl methyl sites for hydroxylation is 1. The van der Waals surface area contributed by atoms with Crippen LogP contribution in [0.25, 0.3) is 0 Å². The van der Waals surface area contributed by atoms with E-state index in [1.165, 1.54) is 5.56 Å². The first-order valence-electron chi connectivity index (χ1n) is 8.80. The third-order valence-corrected chi connectivity index (χ3v) is 4.70. The highest BCUT2D eigenvalue weighted by Gasteiger charge is 2.20. The average Bonchev–Trinajstić information content (AvgIpc) is 3.01. The lowest BCUT2D eigenvalue weighted by molar-refractivity contribution is -0.128. The van der Waals surface area contributed by atoms with Gasteiger partial charge >= 0.3 is 0 Å². The first kappa shape index (κ1) is 17.2. The number of carbonyl (C=O) groups excluding carboxylic acids is 1. The predicted molar refractivity (Wildman–Crippen MR) is 99.0 cm³/mol. The number of carbonyl (C=O) groups is 1.